The molecule has 0 spiro atoms. The van der Waals surface area contributed by atoms with E-state index in [4.69, 9.17) is 0 Å². The number of piperidine rings is 1. The Bertz CT molecular complexity index is 1140. The van der Waals surface area contributed by atoms with Gasteiger partial charge in [0.25, 0.3) is 5.91 Å². The summed E-state index contributed by atoms with van der Waals surface area (Å²) in [6.45, 7) is 2.40. The van der Waals surface area contributed by atoms with Crippen molar-refractivity contribution in [1.29, 1.82) is 0 Å². The summed E-state index contributed by atoms with van der Waals surface area (Å²) in [4.78, 5) is 36.5. The van der Waals surface area contributed by atoms with Gasteiger partial charge < -0.3 is 10.2 Å². The monoisotopic (exact) mass is 446 g/mol. The molecule has 1 N–H and O–H groups in total. The summed E-state index contributed by atoms with van der Waals surface area (Å²) in [6.07, 6.45) is 4.77. The first-order chi connectivity index (χ1) is 16.0. The fourth-order valence-corrected chi connectivity index (χ4v) is 4.17. The highest BCUT2D eigenvalue weighted by Crippen LogP contribution is 2.30. The predicted molar refractivity (Wildman–Crippen MR) is 124 cm³/mol. The first-order valence-electron chi connectivity index (χ1n) is 11.3. The topological polar surface area (TPSA) is 75.2 Å². The van der Waals surface area contributed by atoms with Crippen LogP contribution in [0.3, 0.4) is 0 Å². The second kappa shape index (κ2) is 10.3. The molecular weight excluding hydrogens is 419 g/mol. The molecule has 2 aromatic carbocycles. The minimum absolute atomic E-state index is 0.0323. The number of anilines is 1. The number of hydrogen-bond acceptors (Lipinski definition) is 4. The van der Waals surface area contributed by atoms with Crippen molar-refractivity contribution in [2.45, 2.75) is 45.1 Å². The van der Waals surface area contributed by atoms with Crippen LogP contribution >= 0.6 is 0 Å². The zero-order chi connectivity index (χ0) is 23.2. The Kier molecular flexibility index (Phi) is 7.07. The van der Waals surface area contributed by atoms with Crippen molar-refractivity contribution in [3.05, 3.63) is 89.3 Å². The number of likely N-dealkylation sites (tertiary alicyclic amines) is 1. The third kappa shape index (κ3) is 5.42. The van der Waals surface area contributed by atoms with Crippen LogP contribution in [0, 0.1) is 12.7 Å². The number of carbonyl (C=O) groups excluding carboxylic acids is 2. The molecule has 3 aromatic rings. The van der Waals surface area contributed by atoms with Crippen molar-refractivity contribution in [2.24, 2.45) is 0 Å². The SMILES string of the molecule is Cc1nc(C2CCCCN2C(=O)CCc2ccccc2F)ncc1C(=O)Nc1ccccc1. The van der Waals surface area contributed by atoms with E-state index in [1.165, 1.54) is 12.3 Å². The molecule has 7 heteroatoms. The Morgan fingerprint density at radius 1 is 1.09 bits per heavy atom. The fourth-order valence-electron chi connectivity index (χ4n) is 4.17. The van der Waals surface area contributed by atoms with Gasteiger partial charge in [-0.3, -0.25) is 9.59 Å². The second-order valence-corrected chi connectivity index (χ2v) is 8.24. The summed E-state index contributed by atoms with van der Waals surface area (Å²) < 4.78 is 13.9. The highest BCUT2D eigenvalue weighted by atomic mass is 19.1. The van der Waals surface area contributed by atoms with E-state index in [1.807, 2.05) is 35.2 Å². The van der Waals surface area contributed by atoms with Crippen molar-refractivity contribution in [1.82, 2.24) is 14.9 Å². The molecule has 1 aliphatic rings. The summed E-state index contributed by atoms with van der Waals surface area (Å²) >= 11 is 0. The largest absolute Gasteiger partial charge is 0.332 e. The third-order valence-electron chi connectivity index (χ3n) is 5.96. The minimum atomic E-state index is -0.288. The molecule has 4 rings (SSSR count). The maximum atomic E-state index is 13.9. The lowest BCUT2D eigenvalue weighted by Crippen LogP contribution is -2.39. The Morgan fingerprint density at radius 2 is 1.85 bits per heavy atom. The van der Waals surface area contributed by atoms with Gasteiger partial charge in [-0.05, 0) is 56.4 Å². The average molecular weight is 447 g/mol. The molecule has 33 heavy (non-hydrogen) atoms. The van der Waals surface area contributed by atoms with Gasteiger partial charge in [0.05, 0.1) is 17.3 Å². The van der Waals surface area contributed by atoms with E-state index in [0.29, 0.717) is 41.3 Å². The minimum Gasteiger partial charge on any atom is -0.332 e. The smallest absolute Gasteiger partial charge is 0.259 e. The summed E-state index contributed by atoms with van der Waals surface area (Å²) in [5, 5.41) is 2.85. The Morgan fingerprint density at radius 3 is 2.61 bits per heavy atom. The van der Waals surface area contributed by atoms with Gasteiger partial charge in [0.1, 0.15) is 5.82 Å². The molecule has 0 radical (unpaired) electrons. The number of aromatic nitrogens is 2. The molecule has 0 bridgehead atoms. The number of nitrogens with zero attached hydrogens (tertiary/aromatic N) is 3. The molecule has 0 aliphatic carbocycles. The van der Waals surface area contributed by atoms with Crippen LogP contribution in [0.5, 0.6) is 0 Å². The lowest BCUT2D eigenvalue weighted by molar-refractivity contribution is -0.135. The van der Waals surface area contributed by atoms with Crippen LogP contribution in [0.2, 0.25) is 0 Å². The molecule has 1 aromatic heterocycles. The summed E-state index contributed by atoms with van der Waals surface area (Å²) in [5.41, 5.74) is 2.21. The lowest BCUT2D eigenvalue weighted by atomic mass is 9.99. The molecule has 170 valence electrons. The first-order valence-corrected chi connectivity index (χ1v) is 11.3. The van der Waals surface area contributed by atoms with Crippen LogP contribution in [0.1, 0.15) is 59.2 Å². The maximum Gasteiger partial charge on any atom is 0.259 e. The van der Waals surface area contributed by atoms with Crippen molar-refractivity contribution in [3.8, 4) is 0 Å². The van der Waals surface area contributed by atoms with Crippen molar-refractivity contribution in [3.63, 3.8) is 0 Å². The molecule has 1 fully saturated rings. The van der Waals surface area contributed by atoms with Crippen LogP contribution < -0.4 is 5.32 Å². The van der Waals surface area contributed by atoms with Gasteiger partial charge in [-0.2, -0.15) is 0 Å². The zero-order valence-electron chi connectivity index (χ0n) is 18.6. The van der Waals surface area contributed by atoms with E-state index in [9.17, 15) is 14.0 Å². The van der Waals surface area contributed by atoms with Crippen molar-refractivity contribution >= 4 is 17.5 Å². The fraction of sp³-hybridized carbons (Fsp3) is 0.308. The maximum absolute atomic E-state index is 13.9. The molecule has 1 unspecified atom stereocenters. The predicted octanol–water partition coefficient (Wildman–Crippen LogP) is 4.86. The van der Waals surface area contributed by atoms with Crippen LogP contribution in [-0.4, -0.2) is 33.2 Å². The molecule has 0 saturated carbocycles. The quantitative estimate of drug-likeness (QED) is 0.587. The molecule has 1 atom stereocenters. The average Bonchev–Trinajstić information content (AvgIpc) is 2.84. The van der Waals surface area contributed by atoms with Gasteiger partial charge in [-0.1, -0.05) is 36.4 Å². The van der Waals surface area contributed by atoms with Crippen LogP contribution in [0.25, 0.3) is 0 Å². The van der Waals surface area contributed by atoms with Gasteiger partial charge in [-0.15, -0.1) is 0 Å². The summed E-state index contributed by atoms with van der Waals surface area (Å²) in [5.74, 6) is -0.0478. The molecule has 1 saturated heterocycles. The number of nitrogens with one attached hydrogen (secondary N) is 1. The molecule has 2 heterocycles. The highest BCUT2D eigenvalue weighted by Gasteiger charge is 2.30. The van der Waals surface area contributed by atoms with Gasteiger partial charge >= 0.3 is 0 Å². The van der Waals surface area contributed by atoms with E-state index in [0.717, 1.165) is 19.3 Å². The lowest BCUT2D eigenvalue weighted by Gasteiger charge is -2.35. The number of carbonyl (C=O) groups is 2. The van der Waals surface area contributed by atoms with E-state index in [-0.39, 0.29) is 30.1 Å². The first kappa shape index (κ1) is 22.6. The number of halogens is 1. The molecular formula is C26H27FN4O2. The van der Waals surface area contributed by atoms with Gasteiger partial charge in [0.15, 0.2) is 5.82 Å². The van der Waals surface area contributed by atoms with Gasteiger partial charge in [0.2, 0.25) is 5.91 Å². The number of benzene rings is 2. The van der Waals surface area contributed by atoms with Crippen molar-refractivity contribution < 1.29 is 14.0 Å². The Balaban J connectivity index is 1.47. The van der Waals surface area contributed by atoms with Gasteiger partial charge in [-0.25, -0.2) is 14.4 Å². The van der Waals surface area contributed by atoms with Crippen LogP contribution in [0.4, 0.5) is 10.1 Å². The number of hydrogen-bond donors (Lipinski definition) is 1. The normalized spacial score (nSPS) is 15.8. The van der Waals surface area contributed by atoms with E-state index < -0.39 is 0 Å². The molecule has 2 amide bonds. The van der Waals surface area contributed by atoms with Crippen LogP contribution in [-0.2, 0) is 11.2 Å². The second-order valence-electron chi connectivity index (χ2n) is 8.24. The van der Waals surface area contributed by atoms with E-state index >= 15 is 0 Å². The standard InChI is InChI=1S/C26H27FN4O2/c1-18-21(26(33)30-20-10-3-2-4-11-20)17-28-25(29-18)23-13-7-8-16-31(23)24(32)15-14-19-9-5-6-12-22(19)27/h2-6,9-12,17,23H,7-8,13-16H2,1H3,(H,30,33). The van der Waals surface area contributed by atoms with Crippen molar-refractivity contribution in [2.75, 3.05) is 11.9 Å². The van der Waals surface area contributed by atoms with E-state index in [1.54, 1.807) is 25.1 Å². The molecule has 1 aliphatic heterocycles. The number of para-hydroxylation sites is 1. The Hall–Kier alpha value is -3.61. The summed E-state index contributed by atoms with van der Waals surface area (Å²) in [7, 11) is 0. The van der Waals surface area contributed by atoms with E-state index in [2.05, 4.69) is 15.3 Å². The third-order valence-corrected chi connectivity index (χ3v) is 5.96. The molecule has 6 nitrogen and oxygen atoms in total. The number of aryl methyl sites for hydroxylation is 2. The summed E-state index contributed by atoms with van der Waals surface area (Å²) in [6, 6.07) is 15.5. The van der Waals surface area contributed by atoms with Crippen LogP contribution in [0.15, 0.2) is 60.8 Å². The zero-order valence-corrected chi connectivity index (χ0v) is 18.6. The number of amides is 2. The number of rotatable bonds is 6. The highest BCUT2D eigenvalue weighted by molar-refractivity contribution is 6.04. The Labute approximate surface area is 192 Å². The van der Waals surface area contributed by atoms with Gasteiger partial charge in [0, 0.05) is 24.8 Å².